The third-order valence-corrected chi connectivity index (χ3v) is 7.53. The first kappa shape index (κ1) is 17.4. The summed E-state index contributed by atoms with van der Waals surface area (Å²) in [5.74, 6) is 1.16. The number of aromatic nitrogens is 2. The second-order valence-corrected chi connectivity index (χ2v) is 9.01. The van der Waals surface area contributed by atoms with Gasteiger partial charge in [0, 0.05) is 36.4 Å². The molecule has 1 saturated carbocycles. The Morgan fingerprint density at radius 2 is 2.04 bits per heavy atom. The average molecular weight is 381 g/mol. The first-order valence-electron chi connectivity index (χ1n) is 10.4. The number of amidine groups is 1. The van der Waals surface area contributed by atoms with Gasteiger partial charge in [-0.25, -0.2) is 0 Å². The van der Waals surface area contributed by atoms with Crippen LogP contribution in [0, 0.1) is 0 Å². The highest BCUT2D eigenvalue weighted by molar-refractivity contribution is 8.14. The molecule has 5 heteroatoms. The maximum absolute atomic E-state index is 5.13. The fourth-order valence-electron chi connectivity index (χ4n) is 4.92. The minimum atomic E-state index is 0.102. The largest absolute Gasteiger partial charge is 0.351 e. The van der Waals surface area contributed by atoms with E-state index in [1.807, 2.05) is 24.0 Å². The molecule has 2 aromatic heterocycles. The third kappa shape index (κ3) is 3.10. The van der Waals surface area contributed by atoms with Gasteiger partial charge >= 0.3 is 0 Å². The predicted molar refractivity (Wildman–Crippen MR) is 112 cm³/mol. The zero-order valence-electron chi connectivity index (χ0n) is 16.0. The molecule has 2 aromatic rings. The molecule has 3 aliphatic rings. The average Bonchev–Trinajstić information content (AvgIpc) is 3.44. The monoisotopic (exact) mass is 380 g/mol. The van der Waals surface area contributed by atoms with Gasteiger partial charge in [0.15, 0.2) is 5.17 Å². The molecule has 0 radical (unpaired) electrons. The second kappa shape index (κ2) is 7.34. The highest BCUT2D eigenvalue weighted by atomic mass is 32.2. The van der Waals surface area contributed by atoms with E-state index < -0.39 is 0 Å². The maximum atomic E-state index is 5.13. The number of nitrogens with zero attached hydrogens (tertiary/aromatic N) is 4. The van der Waals surface area contributed by atoms with Crippen molar-refractivity contribution in [2.24, 2.45) is 4.99 Å². The van der Waals surface area contributed by atoms with E-state index in [0.717, 1.165) is 11.4 Å². The minimum absolute atomic E-state index is 0.102. The zero-order valence-corrected chi connectivity index (χ0v) is 16.8. The third-order valence-electron chi connectivity index (χ3n) is 6.40. The minimum Gasteiger partial charge on any atom is -0.351 e. The molecule has 2 aliphatic heterocycles. The molecule has 0 spiro atoms. The Morgan fingerprint density at radius 1 is 1.15 bits per heavy atom. The van der Waals surface area contributed by atoms with Crippen LogP contribution in [-0.4, -0.2) is 31.4 Å². The van der Waals surface area contributed by atoms with Crippen molar-refractivity contribution >= 4 is 16.9 Å². The molecular formula is C22H28N4S. The Morgan fingerprint density at radius 3 is 2.81 bits per heavy atom. The molecule has 2 fully saturated rings. The van der Waals surface area contributed by atoms with Gasteiger partial charge in [-0.05, 0) is 43.0 Å². The van der Waals surface area contributed by atoms with Crippen molar-refractivity contribution in [2.45, 2.75) is 69.6 Å². The van der Waals surface area contributed by atoms with Gasteiger partial charge in [-0.1, -0.05) is 44.0 Å². The number of hydrogen-bond acceptors (Lipinski definition) is 4. The normalized spacial score (nSPS) is 28.4. The van der Waals surface area contributed by atoms with Crippen LogP contribution in [0.5, 0.6) is 0 Å². The Labute approximate surface area is 166 Å². The molecule has 0 aromatic carbocycles. The van der Waals surface area contributed by atoms with Crippen LogP contribution in [0.2, 0.25) is 0 Å². The lowest BCUT2D eigenvalue weighted by Crippen LogP contribution is -2.35. The van der Waals surface area contributed by atoms with Crippen molar-refractivity contribution in [2.75, 3.05) is 5.75 Å². The van der Waals surface area contributed by atoms with Crippen LogP contribution in [0.1, 0.15) is 74.8 Å². The molecule has 0 unspecified atom stereocenters. The molecule has 4 nitrogen and oxygen atoms in total. The number of thioether (sulfide) groups is 1. The molecule has 5 rings (SSSR count). The summed E-state index contributed by atoms with van der Waals surface area (Å²) in [6, 6.07) is 10.2. The van der Waals surface area contributed by atoms with Crippen molar-refractivity contribution in [3.63, 3.8) is 0 Å². The Bertz CT molecular complexity index is 809. The summed E-state index contributed by atoms with van der Waals surface area (Å²) in [4.78, 5) is 12.4. The van der Waals surface area contributed by atoms with Crippen molar-refractivity contribution in [1.29, 1.82) is 0 Å². The van der Waals surface area contributed by atoms with E-state index in [2.05, 4.69) is 52.0 Å². The summed E-state index contributed by atoms with van der Waals surface area (Å²) in [5, 5.41) is 1.22. The first-order valence-corrected chi connectivity index (χ1v) is 11.4. The molecule has 142 valence electrons. The Kier molecular flexibility index (Phi) is 4.72. The SMILES string of the molecule is CC[C@@H]1CSC2=N[C@@H](c3ccccn3)[C@@H](c3ccn(C4CCCCC4)c3)N21. The number of aliphatic imine (C=N–C) groups is 1. The molecule has 0 bridgehead atoms. The summed E-state index contributed by atoms with van der Waals surface area (Å²) in [7, 11) is 0. The zero-order chi connectivity index (χ0) is 18.2. The van der Waals surface area contributed by atoms with Gasteiger partial charge in [-0.2, -0.15) is 0 Å². The molecule has 0 N–H and O–H groups in total. The number of pyridine rings is 1. The molecule has 4 heterocycles. The Balaban J connectivity index is 1.50. The number of rotatable bonds is 4. The van der Waals surface area contributed by atoms with E-state index in [4.69, 9.17) is 4.99 Å². The molecule has 0 amide bonds. The number of hydrogen-bond donors (Lipinski definition) is 0. The van der Waals surface area contributed by atoms with Crippen LogP contribution in [0.25, 0.3) is 0 Å². The van der Waals surface area contributed by atoms with Crippen LogP contribution in [0.4, 0.5) is 0 Å². The summed E-state index contributed by atoms with van der Waals surface area (Å²) in [6.45, 7) is 2.30. The lowest BCUT2D eigenvalue weighted by molar-refractivity contribution is 0.254. The van der Waals surface area contributed by atoms with Gasteiger partial charge in [0.05, 0.1) is 11.7 Å². The molecule has 1 aliphatic carbocycles. The smallest absolute Gasteiger partial charge is 0.160 e. The molecule has 3 atom stereocenters. The standard InChI is InChI=1S/C22H28N4S/c1-2-17-15-27-22-24-20(19-10-6-7-12-23-19)21(26(17)22)16-11-13-25(14-16)18-8-4-3-5-9-18/h6-7,10-14,17-18,20-21H,2-5,8-9,15H2,1H3/t17-,20+,21-/m1/s1. The summed E-state index contributed by atoms with van der Waals surface area (Å²) >= 11 is 1.92. The lowest BCUT2D eigenvalue weighted by Gasteiger charge is -2.31. The lowest BCUT2D eigenvalue weighted by atomic mass is 9.95. The fraction of sp³-hybridized carbons (Fsp3) is 0.545. The van der Waals surface area contributed by atoms with Gasteiger partial charge in [0.25, 0.3) is 0 Å². The van der Waals surface area contributed by atoms with Crippen LogP contribution >= 0.6 is 11.8 Å². The Hall–Kier alpha value is -1.75. The summed E-state index contributed by atoms with van der Waals surface area (Å²) in [6.07, 6.45) is 14.6. The van der Waals surface area contributed by atoms with E-state index in [1.54, 1.807) is 0 Å². The van der Waals surface area contributed by atoms with Gasteiger partial charge in [-0.15, -0.1) is 0 Å². The topological polar surface area (TPSA) is 33.4 Å². The van der Waals surface area contributed by atoms with Crippen molar-refractivity contribution in [1.82, 2.24) is 14.5 Å². The molecular weight excluding hydrogens is 352 g/mol. The summed E-state index contributed by atoms with van der Waals surface area (Å²) in [5.41, 5.74) is 2.49. The second-order valence-electron chi connectivity index (χ2n) is 8.02. The highest BCUT2D eigenvalue weighted by Gasteiger charge is 2.45. The van der Waals surface area contributed by atoms with E-state index in [1.165, 1.54) is 49.3 Å². The van der Waals surface area contributed by atoms with Crippen molar-refractivity contribution < 1.29 is 0 Å². The van der Waals surface area contributed by atoms with Crippen LogP contribution < -0.4 is 0 Å². The van der Waals surface area contributed by atoms with E-state index in [-0.39, 0.29) is 12.1 Å². The van der Waals surface area contributed by atoms with E-state index in [9.17, 15) is 0 Å². The van der Waals surface area contributed by atoms with Crippen LogP contribution in [0.15, 0.2) is 47.8 Å². The van der Waals surface area contributed by atoms with E-state index in [0.29, 0.717) is 12.1 Å². The van der Waals surface area contributed by atoms with Gasteiger partial charge < -0.3 is 9.47 Å². The van der Waals surface area contributed by atoms with Crippen molar-refractivity contribution in [3.05, 3.63) is 54.1 Å². The van der Waals surface area contributed by atoms with Gasteiger partial charge in [0.2, 0.25) is 0 Å². The van der Waals surface area contributed by atoms with Gasteiger partial charge in [-0.3, -0.25) is 9.98 Å². The fourth-order valence-corrected chi connectivity index (χ4v) is 6.26. The number of fused-ring (bicyclic) bond motifs is 1. The van der Waals surface area contributed by atoms with Gasteiger partial charge in [0.1, 0.15) is 6.04 Å². The molecule has 1 saturated heterocycles. The first-order chi connectivity index (χ1) is 13.3. The quantitative estimate of drug-likeness (QED) is 0.715. The van der Waals surface area contributed by atoms with Crippen molar-refractivity contribution in [3.8, 4) is 0 Å². The van der Waals surface area contributed by atoms with Crippen LogP contribution in [-0.2, 0) is 0 Å². The van der Waals surface area contributed by atoms with Crippen LogP contribution in [0.3, 0.4) is 0 Å². The highest BCUT2D eigenvalue weighted by Crippen LogP contribution is 2.48. The maximum Gasteiger partial charge on any atom is 0.160 e. The summed E-state index contributed by atoms with van der Waals surface area (Å²) < 4.78 is 2.48. The van der Waals surface area contributed by atoms with E-state index >= 15 is 0 Å². The molecule has 27 heavy (non-hydrogen) atoms. The predicted octanol–water partition coefficient (Wildman–Crippen LogP) is 5.37.